The fourth-order valence-electron chi connectivity index (χ4n) is 3.12. The van der Waals surface area contributed by atoms with Crippen LogP contribution in [-0.2, 0) is 16.7 Å². The van der Waals surface area contributed by atoms with E-state index in [9.17, 15) is 5.11 Å². The summed E-state index contributed by atoms with van der Waals surface area (Å²) in [5, 5.41) is 10.3. The molecule has 1 aliphatic carbocycles. The van der Waals surface area contributed by atoms with Gasteiger partial charge in [-0.3, -0.25) is 0 Å². The summed E-state index contributed by atoms with van der Waals surface area (Å²) in [6.45, 7) is 9.46. The Morgan fingerprint density at radius 3 is 2.78 bits per heavy atom. The van der Waals surface area contributed by atoms with Crippen molar-refractivity contribution in [3.63, 3.8) is 0 Å². The van der Waals surface area contributed by atoms with Crippen molar-refractivity contribution in [2.75, 3.05) is 13.7 Å². The predicted molar refractivity (Wildman–Crippen MR) is 72.7 cm³/mol. The van der Waals surface area contributed by atoms with Crippen molar-refractivity contribution in [2.45, 2.75) is 52.2 Å². The molecule has 3 nitrogen and oxygen atoms in total. The summed E-state index contributed by atoms with van der Waals surface area (Å²) >= 11 is 0. The van der Waals surface area contributed by atoms with Crippen molar-refractivity contribution in [2.24, 2.45) is 5.41 Å². The molecule has 0 saturated heterocycles. The summed E-state index contributed by atoms with van der Waals surface area (Å²) < 4.78 is 7.59. The summed E-state index contributed by atoms with van der Waals surface area (Å²) in [6.07, 6.45) is 3.62. The topological polar surface area (TPSA) is 34.4 Å². The molecule has 1 aromatic rings. The zero-order valence-corrected chi connectivity index (χ0v) is 12.2. The van der Waals surface area contributed by atoms with Crippen LogP contribution in [0, 0.1) is 5.41 Å². The number of aliphatic hydroxyl groups excluding tert-OH is 1. The normalized spacial score (nSPS) is 22.9. The second kappa shape index (κ2) is 4.39. The Bertz CT molecular complexity index is 432. The third kappa shape index (κ3) is 2.34. The number of aliphatic hydroxyl groups is 1. The highest BCUT2D eigenvalue weighted by molar-refractivity contribution is 5.30. The lowest BCUT2D eigenvalue weighted by Gasteiger charge is -2.37. The van der Waals surface area contributed by atoms with Gasteiger partial charge in [0.15, 0.2) is 0 Å². The first-order valence-corrected chi connectivity index (χ1v) is 6.64. The highest BCUT2D eigenvalue weighted by Crippen LogP contribution is 2.42. The van der Waals surface area contributed by atoms with Gasteiger partial charge >= 0.3 is 0 Å². The number of ether oxygens (including phenoxy) is 1. The lowest BCUT2D eigenvalue weighted by Crippen LogP contribution is -2.35. The first-order chi connectivity index (χ1) is 8.27. The van der Waals surface area contributed by atoms with Crippen molar-refractivity contribution >= 4 is 0 Å². The van der Waals surface area contributed by atoms with E-state index in [1.54, 1.807) is 7.11 Å². The summed E-state index contributed by atoms with van der Waals surface area (Å²) in [5.74, 6) is 0. The first kappa shape index (κ1) is 13.6. The fourth-order valence-corrected chi connectivity index (χ4v) is 3.12. The third-order valence-corrected chi connectivity index (χ3v) is 3.93. The Kier molecular flexibility index (Phi) is 3.32. The molecule has 3 heteroatoms. The van der Waals surface area contributed by atoms with Crippen LogP contribution in [0.5, 0.6) is 0 Å². The van der Waals surface area contributed by atoms with E-state index >= 15 is 0 Å². The fraction of sp³-hybridized carbons (Fsp3) is 0.733. The molecular weight excluding hydrogens is 226 g/mol. The molecule has 0 radical (unpaired) electrons. The molecule has 1 aliphatic rings. The van der Waals surface area contributed by atoms with Crippen LogP contribution < -0.4 is 0 Å². The van der Waals surface area contributed by atoms with Gasteiger partial charge in [0.05, 0.1) is 18.2 Å². The Morgan fingerprint density at radius 1 is 1.50 bits per heavy atom. The van der Waals surface area contributed by atoms with E-state index in [0.717, 1.165) is 18.4 Å². The lowest BCUT2D eigenvalue weighted by molar-refractivity contribution is 0.0859. The molecule has 0 bridgehead atoms. The first-order valence-electron chi connectivity index (χ1n) is 6.64. The van der Waals surface area contributed by atoms with Gasteiger partial charge in [0, 0.05) is 24.6 Å². The smallest absolute Gasteiger partial charge is 0.0812 e. The minimum absolute atomic E-state index is 0.0739. The maximum absolute atomic E-state index is 10.3. The molecule has 1 aromatic heterocycles. The number of nitrogens with zero attached hydrogens (tertiary/aromatic N) is 1. The predicted octanol–water partition coefficient (Wildman–Crippen LogP) is 2.88. The zero-order chi connectivity index (χ0) is 13.6. The van der Waals surface area contributed by atoms with Gasteiger partial charge in [0.1, 0.15) is 0 Å². The maximum Gasteiger partial charge on any atom is 0.0812 e. The van der Waals surface area contributed by atoms with Crippen molar-refractivity contribution in [1.29, 1.82) is 0 Å². The van der Waals surface area contributed by atoms with E-state index in [0.29, 0.717) is 6.61 Å². The number of rotatable bonds is 3. The Balaban J connectivity index is 2.42. The molecule has 2 rings (SSSR count). The molecule has 102 valence electrons. The molecule has 1 atom stereocenters. The van der Waals surface area contributed by atoms with Crippen LogP contribution in [0.15, 0.2) is 12.3 Å². The molecule has 1 N–H and O–H groups in total. The maximum atomic E-state index is 10.3. The van der Waals surface area contributed by atoms with Crippen LogP contribution in [0.1, 0.15) is 51.5 Å². The molecule has 0 spiro atoms. The summed E-state index contributed by atoms with van der Waals surface area (Å²) in [5.41, 5.74) is 2.44. The molecule has 0 fully saturated rings. The van der Waals surface area contributed by atoms with Crippen LogP contribution in [0.3, 0.4) is 0 Å². The van der Waals surface area contributed by atoms with Gasteiger partial charge in [-0.1, -0.05) is 13.8 Å². The van der Waals surface area contributed by atoms with Gasteiger partial charge in [-0.2, -0.15) is 0 Å². The number of hydrogen-bond acceptors (Lipinski definition) is 2. The molecule has 0 aliphatic heterocycles. The summed E-state index contributed by atoms with van der Waals surface area (Å²) in [7, 11) is 1.73. The average Bonchev–Trinajstić information content (AvgIpc) is 2.59. The second-order valence-electron chi connectivity index (χ2n) is 6.89. The minimum atomic E-state index is -0.330. The number of fused-ring (bicyclic) bond motifs is 1. The van der Waals surface area contributed by atoms with Gasteiger partial charge in [0.25, 0.3) is 0 Å². The van der Waals surface area contributed by atoms with Crippen molar-refractivity contribution in [3.05, 3.63) is 23.5 Å². The highest BCUT2D eigenvalue weighted by atomic mass is 16.5. The van der Waals surface area contributed by atoms with Gasteiger partial charge in [0.2, 0.25) is 0 Å². The van der Waals surface area contributed by atoms with Crippen LogP contribution in [0.2, 0.25) is 0 Å². The largest absolute Gasteiger partial charge is 0.388 e. The van der Waals surface area contributed by atoms with Gasteiger partial charge in [-0.15, -0.1) is 0 Å². The van der Waals surface area contributed by atoms with E-state index in [1.807, 2.05) is 0 Å². The van der Waals surface area contributed by atoms with Crippen LogP contribution in [0.4, 0.5) is 0 Å². The molecular formula is C15H25NO2. The number of aromatic nitrogens is 1. The Labute approximate surface area is 110 Å². The summed E-state index contributed by atoms with van der Waals surface area (Å²) in [6, 6.07) is 2.06. The van der Waals surface area contributed by atoms with E-state index in [2.05, 4.69) is 44.5 Å². The van der Waals surface area contributed by atoms with E-state index in [-0.39, 0.29) is 17.1 Å². The second-order valence-corrected chi connectivity index (χ2v) is 6.89. The van der Waals surface area contributed by atoms with Gasteiger partial charge < -0.3 is 14.4 Å². The van der Waals surface area contributed by atoms with Crippen LogP contribution >= 0.6 is 0 Å². The highest BCUT2D eigenvalue weighted by Gasteiger charge is 2.35. The average molecular weight is 251 g/mol. The van der Waals surface area contributed by atoms with Crippen molar-refractivity contribution in [1.82, 2.24) is 4.57 Å². The standard InChI is InChI=1S/C15H25NO2/c1-14(2)8-12-11(13(17)9-14)6-7-16(12)15(3,4)10-18-5/h6-7,13,17H,8-10H2,1-5H3. The van der Waals surface area contributed by atoms with Gasteiger partial charge in [-0.25, -0.2) is 0 Å². The van der Waals surface area contributed by atoms with Crippen LogP contribution in [0.25, 0.3) is 0 Å². The van der Waals surface area contributed by atoms with Crippen molar-refractivity contribution < 1.29 is 9.84 Å². The number of methoxy groups -OCH3 is 1. The van der Waals surface area contributed by atoms with E-state index < -0.39 is 0 Å². The Morgan fingerprint density at radius 2 is 2.17 bits per heavy atom. The van der Waals surface area contributed by atoms with E-state index in [1.165, 1.54) is 5.69 Å². The van der Waals surface area contributed by atoms with Gasteiger partial charge in [-0.05, 0) is 38.2 Å². The SMILES string of the molecule is COCC(C)(C)n1ccc2c1CC(C)(C)CC2O. The molecule has 1 heterocycles. The third-order valence-electron chi connectivity index (χ3n) is 3.93. The lowest BCUT2D eigenvalue weighted by atomic mass is 9.75. The minimum Gasteiger partial charge on any atom is -0.388 e. The van der Waals surface area contributed by atoms with Crippen LogP contribution in [-0.4, -0.2) is 23.4 Å². The van der Waals surface area contributed by atoms with E-state index in [4.69, 9.17) is 4.74 Å². The molecule has 0 amide bonds. The quantitative estimate of drug-likeness (QED) is 0.896. The molecule has 0 aromatic carbocycles. The zero-order valence-electron chi connectivity index (χ0n) is 12.2. The Hall–Kier alpha value is -0.800. The monoisotopic (exact) mass is 251 g/mol. The summed E-state index contributed by atoms with van der Waals surface area (Å²) in [4.78, 5) is 0. The molecule has 0 saturated carbocycles. The molecule has 18 heavy (non-hydrogen) atoms. The van der Waals surface area contributed by atoms with Crippen molar-refractivity contribution in [3.8, 4) is 0 Å². The molecule has 1 unspecified atom stereocenters. The number of hydrogen-bond donors (Lipinski definition) is 1.